The fourth-order valence-corrected chi connectivity index (χ4v) is 2.33. The summed E-state index contributed by atoms with van der Waals surface area (Å²) >= 11 is 0. The van der Waals surface area contributed by atoms with Crippen LogP contribution in [0, 0.1) is 0 Å². The highest BCUT2D eigenvalue weighted by molar-refractivity contribution is 5.71. The van der Waals surface area contributed by atoms with E-state index >= 15 is 0 Å². The van der Waals surface area contributed by atoms with Gasteiger partial charge in [-0.25, -0.2) is 0 Å². The van der Waals surface area contributed by atoms with Crippen molar-refractivity contribution in [2.75, 3.05) is 0 Å². The lowest BCUT2D eigenvalue weighted by Crippen LogP contribution is -2.28. The first-order chi connectivity index (χ1) is 8.65. The van der Waals surface area contributed by atoms with Crippen molar-refractivity contribution in [3.63, 3.8) is 0 Å². The Hall–Kier alpha value is -1.55. The van der Waals surface area contributed by atoms with Gasteiger partial charge >= 0.3 is 5.97 Å². The molecule has 1 aromatic rings. The standard InChI is InChI=1S/C14H18O4/c15-11-5-3-6-12(9-11)18-13-7-2-1-4-10(13)8-14(16)17/h1-2,4,7,11-12,15H,3,5-6,8-9H2,(H,16,17). The van der Waals surface area contributed by atoms with E-state index in [9.17, 15) is 9.90 Å². The second-order valence-electron chi connectivity index (χ2n) is 4.74. The second kappa shape index (κ2) is 5.87. The van der Waals surface area contributed by atoms with Gasteiger partial charge in [-0.2, -0.15) is 0 Å². The molecule has 2 N–H and O–H groups in total. The number of carbonyl (C=O) groups is 1. The zero-order valence-electron chi connectivity index (χ0n) is 10.2. The Morgan fingerprint density at radius 3 is 2.83 bits per heavy atom. The number of benzene rings is 1. The molecule has 1 saturated carbocycles. The van der Waals surface area contributed by atoms with Crippen LogP contribution in [0.1, 0.15) is 31.2 Å². The van der Waals surface area contributed by atoms with Crippen LogP contribution >= 0.6 is 0 Å². The number of aliphatic hydroxyl groups is 1. The molecular formula is C14H18O4. The molecule has 0 spiro atoms. The molecule has 18 heavy (non-hydrogen) atoms. The maximum Gasteiger partial charge on any atom is 0.307 e. The zero-order chi connectivity index (χ0) is 13.0. The van der Waals surface area contributed by atoms with Crippen LogP contribution in [0.15, 0.2) is 24.3 Å². The highest BCUT2D eigenvalue weighted by atomic mass is 16.5. The predicted molar refractivity (Wildman–Crippen MR) is 66.7 cm³/mol. The van der Waals surface area contributed by atoms with Crippen molar-refractivity contribution >= 4 is 5.97 Å². The third-order valence-electron chi connectivity index (χ3n) is 3.21. The van der Waals surface area contributed by atoms with Gasteiger partial charge in [0.25, 0.3) is 0 Å². The van der Waals surface area contributed by atoms with Crippen LogP contribution in [0.4, 0.5) is 0 Å². The first-order valence-electron chi connectivity index (χ1n) is 6.29. The molecule has 0 radical (unpaired) electrons. The maximum atomic E-state index is 10.8. The van der Waals surface area contributed by atoms with E-state index in [1.165, 1.54) is 0 Å². The molecular weight excluding hydrogens is 232 g/mol. The van der Waals surface area contributed by atoms with E-state index in [2.05, 4.69) is 0 Å². The molecule has 2 unspecified atom stereocenters. The fourth-order valence-electron chi connectivity index (χ4n) is 2.33. The average Bonchev–Trinajstić information content (AvgIpc) is 2.31. The summed E-state index contributed by atoms with van der Waals surface area (Å²) in [7, 11) is 0. The monoisotopic (exact) mass is 250 g/mol. The minimum absolute atomic E-state index is 0.0105. The highest BCUT2D eigenvalue weighted by Gasteiger charge is 2.22. The molecule has 0 aromatic heterocycles. The van der Waals surface area contributed by atoms with Crippen LogP contribution in [0.3, 0.4) is 0 Å². The zero-order valence-corrected chi connectivity index (χ0v) is 10.2. The molecule has 1 aliphatic carbocycles. The van der Waals surface area contributed by atoms with Crippen molar-refractivity contribution in [1.82, 2.24) is 0 Å². The quantitative estimate of drug-likeness (QED) is 0.857. The Kier molecular flexibility index (Phi) is 4.20. The normalized spacial score (nSPS) is 23.6. The smallest absolute Gasteiger partial charge is 0.307 e. The Morgan fingerprint density at radius 1 is 1.33 bits per heavy atom. The summed E-state index contributed by atoms with van der Waals surface area (Å²) in [5.41, 5.74) is 0.685. The fraction of sp³-hybridized carbons (Fsp3) is 0.500. The summed E-state index contributed by atoms with van der Waals surface area (Å²) in [4.78, 5) is 10.8. The van der Waals surface area contributed by atoms with E-state index in [1.54, 1.807) is 18.2 Å². The number of hydrogen-bond donors (Lipinski definition) is 2. The Morgan fingerprint density at radius 2 is 2.11 bits per heavy atom. The van der Waals surface area contributed by atoms with Crippen LogP contribution in [-0.4, -0.2) is 28.4 Å². The van der Waals surface area contributed by atoms with Gasteiger partial charge < -0.3 is 14.9 Å². The van der Waals surface area contributed by atoms with E-state index in [4.69, 9.17) is 9.84 Å². The van der Waals surface area contributed by atoms with Gasteiger partial charge in [0.2, 0.25) is 0 Å². The molecule has 0 bridgehead atoms. The number of ether oxygens (including phenoxy) is 1. The average molecular weight is 250 g/mol. The number of para-hydroxylation sites is 1. The number of aliphatic hydroxyl groups excluding tert-OH is 1. The lowest BCUT2D eigenvalue weighted by molar-refractivity contribution is -0.136. The van der Waals surface area contributed by atoms with Gasteiger partial charge in [-0.1, -0.05) is 18.2 Å². The molecule has 98 valence electrons. The highest BCUT2D eigenvalue weighted by Crippen LogP contribution is 2.26. The minimum atomic E-state index is -0.866. The van der Waals surface area contributed by atoms with E-state index in [0.717, 1.165) is 19.3 Å². The van der Waals surface area contributed by atoms with E-state index in [-0.39, 0.29) is 18.6 Å². The van der Waals surface area contributed by atoms with Crippen LogP contribution in [0.25, 0.3) is 0 Å². The van der Waals surface area contributed by atoms with Crippen LogP contribution < -0.4 is 4.74 Å². The third kappa shape index (κ3) is 3.47. The Balaban J connectivity index is 2.05. The van der Waals surface area contributed by atoms with Gasteiger partial charge in [0.15, 0.2) is 0 Å². The second-order valence-corrected chi connectivity index (χ2v) is 4.74. The summed E-state index contributed by atoms with van der Waals surface area (Å²) in [6.07, 6.45) is 2.98. The van der Waals surface area contributed by atoms with Gasteiger partial charge in [0.05, 0.1) is 12.5 Å². The summed E-state index contributed by atoms with van der Waals surface area (Å²) in [6, 6.07) is 7.20. The van der Waals surface area contributed by atoms with Crippen molar-refractivity contribution in [1.29, 1.82) is 0 Å². The summed E-state index contributed by atoms with van der Waals surface area (Å²) in [6.45, 7) is 0. The molecule has 0 heterocycles. The van der Waals surface area contributed by atoms with E-state index in [0.29, 0.717) is 17.7 Å². The molecule has 0 amide bonds. The Labute approximate surface area is 106 Å². The first kappa shape index (κ1) is 12.9. The molecule has 2 rings (SSSR count). The summed E-state index contributed by atoms with van der Waals surface area (Å²) in [5, 5.41) is 18.4. The molecule has 2 atom stereocenters. The number of rotatable bonds is 4. The number of carboxylic acids is 1. The van der Waals surface area contributed by atoms with Crippen molar-refractivity contribution < 1.29 is 19.7 Å². The van der Waals surface area contributed by atoms with Crippen LogP contribution in [0.2, 0.25) is 0 Å². The van der Waals surface area contributed by atoms with Crippen molar-refractivity contribution in [3.05, 3.63) is 29.8 Å². The van der Waals surface area contributed by atoms with E-state index < -0.39 is 5.97 Å². The third-order valence-corrected chi connectivity index (χ3v) is 3.21. The predicted octanol–water partition coefficient (Wildman–Crippen LogP) is 2.00. The molecule has 4 nitrogen and oxygen atoms in total. The lowest BCUT2D eigenvalue weighted by atomic mass is 9.95. The van der Waals surface area contributed by atoms with Crippen LogP contribution in [0.5, 0.6) is 5.75 Å². The van der Waals surface area contributed by atoms with Gasteiger partial charge in [-0.15, -0.1) is 0 Å². The van der Waals surface area contributed by atoms with Gasteiger partial charge in [0, 0.05) is 12.0 Å². The minimum Gasteiger partial charge on any atom is -0.490 e. The van der Waals surface area contributed by atoms with Gasteiger partial charge in [-0.05, 0) is 25.3 Å². The molecule has 1 aromatic carbocycles. The lowest BCUT2D eigenvalue weighted by Gasteiger charge is -2.27. The summed E-state index contributed by atoms with van der Waals surface area (Å²) in [5.74, 6) is -0.242. The SMILES string of the molecule is O=C(O)Cc1ccccc1OC1CCCC(O)C1. The van der Waals surface area contributed by atoms with Crippen molar-refractivity contribution in [3.8, 4) is 5.75 Å². The van der Waals surface area contributed by atoms with E-state index in [1.807, 2.05) is 6.07 Å². The topological polar surface area (TPSA) is 66.8 Å². The van der Waals surface area contributed by atoms with Crippen LogP contribution in [-0.2, 0) is 11.2 Å². The van der Waals surface area contributed by atoms with Gasteiger partial charge in [-0.3, -0.25) is 4.79 Å². The number of carboxylic acid groups (broad SMARTS) is 1. The maximum absolute atomic E-state index is 10.8. The number of hydrogen-bond acceptors (Lipinski definition) is 3. The number of aliphatic carboxylic acids is 1. The van der Waals surface area contributed by atoms with Gasteiger partial charge in [0.1, 0.15) is 11.9 Å². The molecule has 0 saturated heterocycles. The van der Waals surface area contributed by atoms with Crippen molar-refractivity contribution in [2.24, 2.45) is 0 Å². The van der Waals surface area contributed by atoms with Crippen molar-refractivity contribution in [2.45, 2.75) is 44.3 Å². The molecule has 1 fully saturated rings. The summed E-state index contributed by atoms with van der Waals surface area (Å²) < 4.78 is 5.83. The molecule has 4 heteroatoms. The molecule has 1 aliphatic rings. The first-order valence-corrected chi connectivity index (χ1v) is 6.29. The largest absolute Gasteiger partial charge is 0.490 e. The molecule has 0 aliphatic heterocycles. The Bertz CT molecular complexity index is 416.